The Kier molecular flexibility index (Phi) is 6.98. The van der Waals surface area contributed by atoms with Crippen molar-refractivity contribution >= 4 is 5.91 Å². The molecule has 1 saturated heterocycles. The monoisotopic (exact) mass is 367 g/mol. The van der Waals surface area contributed by atoms with Crippen LogP contribution in [0.5, 0.6) is 0 Å². The van der Waals surface area contributed by atoms with Gasteiger partial charge in [0.15, 0.2) is 0 Å². The number of carbonyl (C=O) groups is 1. The summed E-state index contributed by atoms with van der Waals surface area (Å²) in [5, 5.41) is 12.7. The molecule has 144 valence electrons. The van der Waals surface area contributed by atoms with Crippen molar-refractivity contribution in [3.63, 3.8) is 0 Å². The van der Waals surface area contributed by atoms with Crippen LogP contribution in [-0.2, 0) is 17.9 Å². The van der Waals surface area contributed by atoms with E-state index in [2.05, 4.69) is 22.3 Å². The molecule has 1 aliphatic heterocycles. The summed E-state index contributed by atoms with van der Waals surface area (Å²) in [4.78, 5) is 14.7. The van der Waals surface area contributed by atoms with Crippen molar-refractivity contribution in [3.05, 3.63) is 71.3 Å². The molecule has 0 aromatic heterocycles. The summed E-state index contributed by atoms with van der Waals surface area (Å²) < 4.78 is 0. The maximum absolute atomic E-state index is 12.3. The van der Waals surface area contributed by atoms with Crippen LogP contribution >= 0.6 is 0 Å². The molecule has 0 aliphatic carbocycles. The molecule has 27 heavy (non-hydrogen) atoms. The van der Waals surface area contributed by atoms with Gasteiger partial charge in [-0.15, -0.1) is 0 Å². The van der Waals surface area contributed by atoms with Crippen molar-refractivity contribution in [3.8, 4) is 0 Å². The average Bonchev–Trinajstić information content (AvgIpc) is 2.69. The van der Waals surface area contributed by atoms with E-state index in [1.807, 2.05) is 42.5 Å². The first-order valence-electron chi connectivity index (χ1n) is 9.66. The number of likely N-dealkylation sites (tertiary alicyclic amines) is 1. The largest absolute Gasteiger partial charge is 0.393 e. The maximum Gasteiger partial charge on any atom is 0.222 e. The maximum atomic E-state index is 12.3. The number of aliphatic hydroxyl groups excluding tert-OH is 1. The Bertz CT molecular complexity index is 727. The molecule has 0 saturated carbocycles. The molecular formula is C22H29N3O2. The normalized spacial score (nSPS) is 16.8. The molecule has 1 fully saturated rings. The number of hydrogen-bond donors (Lipinski definition) is 3. The Morgan fingerprint density at radius 3 is 2.41 bits per heavy atom. The van der Waals surface area contributed by atoms with Gasteiger partial charge in [-0.05, 0) is 29.5 Å². The molecule has 2 aromatic carbocycles. The van der Waals surface area contributed by atoms with Crippen molar-refractivity contribution in [1.82, 2.24) is 10.2 Å². The molecule has 5 nitrogen and oxygen atoms in total. The van der Waals surface area contributed by atoms with Crippen molar-refractivity contribution in [2.45, 2.75) is 44.5 Å². The summed E-state index contributed by atoms with van der Waals surface area (Å²) in [6.45, 7) is 3.18. The van der Waals surface area contributed by atoms with Crippen molar-refractivity contribution in [2.24, 2.45) is 5.73 Å². The van der Waals surface area contributed by atoms with Crippen molar-refractivity contribution in [2.75, 3.05) is 13.1 Å². The Hall–Kier alpha value is -2.21. The van der Waals surface area contributed by atoms with Crippen molar-refractivity contribution < 1.29 is 9.90 Å². The highest BCUT2D eigenvalue weighted by Crippen LogP contribution is 2.17. The molecular weight excluding hydrogens is 338 g/mol. The number of nitrogens with two attached hydrogens (primary N) is 1. The minimum atomic E-state index is -0.291. The molecule has 5 heteroatoms. The first-order valence-corrected chi connectivity index (χ1v) is 9.66. The van der Waals surface area contributed by atoms with E-state index in [9.17, 15) is 9.90 Å². The van der Waals surface area contributed by atoms with Crippen LogP contribution in [0.15, 0.2) is 54.6 Å². The van der Waals surface area contributed by atoms with Gasteiger partial charge in [-0.25, -0.2) is 0 Å². The van der Waals surface area contributed by atoms with Crippen LogP contribution in [0.3, 0.4) is 0 Å². The number of aliphatic hydroxyl groups is 1. The van der Waals surface area contributed by atoms with E-state index in [4.69, 9.17) is 5.73 Å². The summed E-state index contributed by atoms with van der Waals surface area (Å²) in [5.74, 6) is -0.0396. The zero-order valence-corrected chi connectivity index (χ0v) is 15.7. The number of nitrogens with one attached hydrogen (secondary N) is 1. The highest BCUT2D eigenvalue weighted by Gasteiger charge is 2.18. The van der Waals surface area contributed by atoms with Gasteiger partial charge in [-0.2, -0.15) is 0 Å². The third-order valence-electron chi connectivity index (χ3n) is 5.18. The third-order valence-corrected chi connectivity index (χ3v) is 5.18. The smallest absolute Gasteiger partial charge is 0.222 e. The summed E-state index contributed by atoms with van der Waals surface area (Å²) in [7, 11) is 0. The van der Waals surface area contributed by atoms with Crippen LogP contribution in [0, 0.1) is 0 Å². The Labute approximate surface area is 161 Å². The number of piperidine rings is 1. The molecule has 0 radical (unpaired) electrons. The summed E-state index contributed by atoms with van der Waals surface area (Å²) in [5.41, 5.74) is 9.47. The van der Waals surface area contributed by atoms with Crippen LogP contribution in [-0.4, -0.2) is 35.1 Å². The van der Waals surface area contributed by atoms with Gasteiger partial charge in [0.1, 0.15) is 0 Å². The summed E-state index contributed by atoms with van der Waals surface area (Å²) in [6, 6.07) is 17.6. The molecule has 1 unspecified atom stereocenters. The molecule has 1 heterocycles. The minimum Gasteiger partial charge on any atom is -0.393 e. The van der Waals surface area contributed by atoms with E-state index in [0.717, 1.165) is 43.6 Å². The second kappa shape index (κ2) is 9.65. The molecule has 1 aliphatic rings. The minimum absolute atomic E-state index is 0.0396. The molecule has 2 aromatic rings. The molecule has 4 N–H and O–H groups in total. The van der Waals surface area contributed by atoms with Gasteiger partial charge in [0.2, 0.25) is 5.91 Å². The SMILES string of the molecule is NC(CC(=O)NCc1ccccc1CN1CCC(O)CC1)c1ccccc1. The molecule has 1 atom stereocenters. The fourth-order valence-electron chi connectivity index (χ4n) is 3.49. The number of amides is 1. The average molecular weight is 367 g/mol. The third kappa shape index (κ3) is 5.89. The lowest BCUT2D eigenvalue weighted by molar-refractivity contribution is -0.121. The topological polar surface area (TPSA) is 78.6 Å². The standard InChI is InChI=1S/C22H29N3O2/c23-21(17-6-2-1-3-7-17)14-22(27)24-15-18-8-4-5-9-19(18)16-25-12-10-20(26)11-13-25/h1-9,20-21,26H,10-16,23H2,(H,24,27). The van der Waals surface area contributed by atoms with Gasteiger partial charge in [-0.3, -0.25) is 9.69 Å². The Morgan fingerprint density at radius 1 is 1.07 bits per heavy atom. The predicted octanol–water partition coefficient (Wildman–Crippen LogP) is 2.35. The van der Waals surface area contributed by atoms with E-state index in [1.54, 1.807) is 0 Å². The Morgan fingerprint density at radius 2 is 1.70 bits per heavy atom. The van der Waals surface area contributed by atoms with Gasteiger partial charge < -0.3 is 16.2 Å². The van der Waals surface area contributed by atoms with E-state index in [0.29, 0.717) is 6.54 Å². The number of nitrogens with zero attached hydrogens (tertiary/aromatic N) is 1. The highest BCUT2D eigenvalue weighted by atomic mass is 16.3. The van der Waals surface area contributed by atoms with Crippen LogP contribution in [0.1, 0.15) is 42.0 Å². The van der Waals surface area contributed by atoms with E-state index < -0.39 is 0 Å². The first kappa shape index (κ1) is 19.5. The summed E-state index contributed by atoms with van der Waals surface area (Å²) >= 11 is 0. The van der Waals surface area contributed by atoms with E-state index in [-0.39, 0.29) is 24.5 Å². The predicted molar refractivity (Wildman–Crippen MR) is 107 cm³/mol. The quantitative estimate of drug-likeness (QED) is 0.702. The second-order valence-electron chi connectivity index (χ2n) is 7.27. The van der Waals surface area contributed by atoms with Gasteiger partial charge >= 0.3 is 0 Å². The van der Waals surface area contributed by atoms with Crippen LogP contribution in [0.2, 0.25) is 0 Å². The number of rotatable bonds is 7. The molecule has 0 spiro atoms. The fraction of sp³-hybridized carbons (Fsp3) is 0.409. The number of benzene rings is 2. The Balaban J connectivity index is 1.52. The second-order valence-corrected chi connectivity index (χ2v) is 7.27. The van der Waals surface area contributed by atoms with Gasteiger partial charge in [0, 0.05) is 38.6 Å². The molecule has 0 bridgehead atoms. The summed E-state index contributed by atoms with van der Waals surface area (Å²) in [6.07, 6.45) is 1.77. The fourth-order valence-corrected chi connectivity index (χ4v) is 3.49. The molecule has 3 rings (SSSR count). The number of hydrogen-bond acceptors (Lipinski definition) is 4. The zero-order chi connectivity index (χ0) is 19.1. The van der Waals surface area contributed by atoms with Gasteiger partial charge in [0.05, 0.1) is 6.10 Å². The lowest BCUT2D eigenvalue weighted by Crippen LogP contribution is -2.35. The molecule has 1 amide bonds. The first-order chi connectivity index (χ1) is 13.1. The highest BCUT2D eigenvalue weighted by molar-refractivity contribution is 5.76. The number of carbonyl (C=O) groups excluding carboxylic acids is 1. The van der Waals surface area contributed by atoms with Crippen LogP contribution in [0.25, 0.3) is 0 Å². The van der Waals surface area contributed by atoms with Crippen LogP contribution < -0.4 is 11.1 Å². The zero-order valence-electron chi connectivity index (χ0n) is 15.7. The van der Waals surface area contributed by atoms with Gasteiger partial charge in [0.25, 0.3) is 0 Å². The van der Waals surface area contributed by atoms with Crippen LogP contribution in [0.4, 0.5) is 0 Å². The van der Waals surface area contributed by atoms with Gasteiger partial charge in [-0.1, -0.05) is 54.6 Å². The lowest BCUT2D eigenvalue weighted by Gasteiger charge is -2.30. The van der Waals surface area contributed by atoms with E-state index >= 15 is 0 Å². The lowest BCUT2D eigenvalue weighted by atomic mass is 10.0. The van der Waals surface area contributed by atoms with E-state index in [1.165, 1.54) is 5.56 Å². The van der Waals surface area contributed by atoms with Crippen molar-refractivity contribution in [1.29, 1.82) is 0 Å².